The van der Waals surface area contributed by atoms with E-state index in [1.165, 1.54) is 0 Å². The van der Waals surface area contributed by atoms with E-state index in [1.807, 2.05) is 33.3 Å². The van der Waals surface area contributed by atoms with Crippen molar-refractivity contribution in [2.24, 2.45) is 7.05 Å². The number of aliphatic hydroxyl groups is 1. The summed E-state index contributed by atoms with van der Waals surface area (Å²) >= 11 is 0. The third-order valence-corrected chi connectivity index (χ3v) is 2.64. The zero-order valence-corrected chi connectivity index (χ0v) is 9.75. The fourth-order valence-corrected chi connectivity index (χ4v) is 1.76. The Hall–Kier alpha value is -1.62. The molecule has 0 aliphatic heterocycles. The maximum absolute atomic E-state index is 10.2. The second kappa shape index (κ2) is 4.09. The Kier molecular flexibility index (Phi) is 2.78. The van der Waals surface area contributed by atoms with Gasteiger partial charge in [-0.05, 0) is 13.8 Å². The molecule has 2 heterocycles. The van der Waals surface area contributed by atoms with Gasteiger partial charge < -0.3 is 5.11 Å². The van der Waals surface area contributed by atoms with E-state index in [4.69, 9.17) is 0 Å². The molecule has 0 spiro atoms. The molecule has 1 unspecified atom stereocenters. The molecule has 86 valence electrons. The first-order valence-corrected chi connectivity index (χ1v) is 5.32. The molecule has 0 saturated carbocycles. The van der Waals surface area contributed by atoms with Crippen LogP contribution in [0.5, 0.6) is 0 Å². The summed E-state index contributed by atoms with van der Waals surface area (Å²) in [4.78, 5) is 0. The molecule has 0 aliphatic rings. The average Bonchev–Trinajstić information content (AvgIpc) is 2.84. The zero-order chi connectivity index (χ0) is 11.7. The first-order chi connectivity index (χ1) is 7.61. The van der Waals surface area contributed by atoms with E-state index >= 15 is 0 Å². The lowest BCUT2D eigenvalue weighted by Crippen LogP contribution is -1.99. The third kappa shape index (κ3) is 1.86. The van der Waals surface area contributed by atoms with Gasteiger partial charge >= 0.3 is 0 Å². The van der Waals surface area contributed by atoms with Crippen LogP contribution >= 0.6 is 0 Å². The molecule has 1 atom stereocenters. The highest BCUT2D eigenvalue weighted by Gasteiger charge is 2.17. The summed E-state index contributed by atoms with van der Waals surface area (Å²) in [5, 5.41) is 18.5. The van der Waals surface area contributed by atoms with Crippen molar-refractivity contribution in [2.75, 3.05) is 0 Å². The van der Waals surface area contributed by atoms with E-state index < -0.39 is 6.10 Å². The summed E-state index contributed by atoms with van der Waals surface area (Å²) in [5.41, 5.74) is 2.48. The van der Waals surface area contributed by atoms with Crippen molar-refractivity contribution in [3.63, 3.8) is 0 Å². The number of hydrogen-bond acceptors (Lipinski definition) is 3. The van der Waals surface area contributed by atoms with Crippen molar-refractivity contribution in [2.45, 2.75) is 26.5 Å². The van der Waals surface area contributed by atoms with Crippen LogP contribution < -0.4 is 0 Å². The van der Waals surface area contributed by atoms with E-state index in [-0.39, 0.29) is 0 Å². The molecule has 0 bridgehead atoms. The summed E-state index contributed by atoms with van der Waals surface area (Å²) in [7, 11) is 1.85. The molecule has 0 amide bonds. The van der Waals surface area contributed by atoms with Gasteiger partial charge in [0.15, 0.2) is 0 Å². The van der Waals surface area contributed by atoms with E-state index in [0.717, 1.165) is 23.4 Å². The number of rotatable bonds is 3. The molecule has 2 rings (SSSR count). The zero-order valence-electron chi connectivity index (χ0n) is 9.75. The summed E-state index contributed by atoms with van der Waals surface area (Å²) in [6.07, 6.45) is 4.75. The Morgan fingerprint density at radius 2 is 2.19 bits per heavy atom. The Morgan fingerprint density at radius 1 is 1.44 bits per heavy atom. The van der Waals surface area contributed by atoms with Crippen molar-refractivity contribution >= 4 is 0 Å². The average molecular weight is 220 g/mol. The molecule has 0 aliphatic carbocycles. The number of hydrogen-bond donors (Lipinski definition) is 1. The normalized spacial score (nSPS) is 13.0. The molecule has 2 aromatic heterocycles. The molecule has 0 radical (unpaired) electrons. The minimum Gasteiger partial charge on any atom is -0.383 e. The maximum Gasteiger partial charge on any atom is 0.110 e. The Morgan fingerprint density at radius 3 is 2.69 bits per heavy atom. The smallest absolute Gasteiger partial charge is 0.110 e. The maximum atomic E-state index is 10.2. The van der Waals surface area contributed by atoms with Crippen molar-refractivity contribution in [1.29, 1.82) is 0 Å². The summed E-state index contributed by atoms with van der Waals surface area (Å²) in [6, 6.07) is 0. The van der Waals surface area contributed by atoms with Crippen molar-refractivity contribution in [1.82, 2.24) is 19.6 Å². The lowest BCUT2D eigenvalue weighted by Gasteiger charge is -2.06. The van der Waals surface area contributed by atoms with Gasteiger partial charge in [0.25, 0.3) is 0 Å². The fraction of sp³-hybridized carbons (Fsp3) is 0.455. The van der Waals surface area contributed by atoms with Gasteiger partial charge in [-0.15, -0.1) is 0 Å². The van der Waals surface area contributed by atoms with Crippen LogP contribution in [0.15, 0.2) is 18.6 Å². The van der Waals surface area contributed by atoms with Gasteiger partial charge in [-0.3, -0.25) is 9.36 Å². The van der Waals surface area contributed by atoms with Crippen LogP contribution in [0.4, 0.5) is 0 Å². The number of nitrogens with zero attached hydrogens (tertiary/aromatic N) is 4. The van der Waals surface area contributed by atoms with Gasteiger partial charge in [0.2, 0.25) is 0 Å². The number of aliphatic hydroxyl groups excluding tert-OH is 1. The molecule has 0 saturated heterocycles. The van der Waals surface area contributed by atoms with Crippen LogP contribution in [-0.2, 0) is 13.6 Å². The molecular formula is C11H16N4O. The lowest BCUT2D eigenvalue weighted by molar-refractivity contribution is 0.219. The largest absolute Gasteiger partial charge is 0.383 e. The van der Waals surface area contributed by atoms with Crippen LogP contribution in [0.1, 0.15) is 29.8 Å². The van der Waals surface area contributed by atoms with Gasteiger partial charge in [-0.1, -0.05) is 0 Å². The first-order valence-electron chi connectivity index (χ1n) is 5.32. The van der Waals surface area contributed by atoms with E-state index in [2.05, 4.69) is 10.2 Å². The van der Waals surface area contributed by atoms with E-state index in [0.29, 0.717) is 0 Å². The molecule has 0 aromatic carbocycles. The molecule has 16 heavy (non-hydrogen) atoms. The predicted molar refractivity (Wildman–Crippen MR) is 59.9 cm³/mol. The van der Waals surface area contributed by atoms with Crippen molar-refractivity contribution < 1.29 is 5.11 Å². The van der Waals surface area contributed by atoms with Crippen LogP contribution in [-0.4, -0.2) is 24.7 Å². The van der Waals surface area contributed by atoms with Crippen LogP contribution in [0.3, 0.4) is 0 Å². The van der Waals surface area contributed by atoms with Gasteiger partial charge in [0.1, 0.15) is 6.10 Å². The summed E-state index contributed by atoms with van der Waals surface area (Å²) in [6.45, 7) is 4.71. The third-order valence-electron chi connectivity index (χ3n) is 2.64. The second-order valence-corrected chi connectivity index (χ2v) is 3.88. The number of aryl methyl sites for hydroxylation is 3. The van der Waals surface area contributed by atoms with Crippen LogP contribution in [0, 0.1) is 6.92 Å². The minimum atomic E-state index is -0.644. The molecule has 0 fully saturated rings. The summed E-state index contributed by atoms with van der Waals surface area (Å²) < 4.78 is 3.50. The monoisotopic (exact) mass is 220 g/mol. The molecule has 5 heteroatoms. The van der Waals surface area contributed by atoms with E-state index in [9.17, 15) is 5.11 Å². The fourth-order valence-electron chi connectivity index (χ4n) is 1.76. The molecule has 1 N–H and O–H groups in total. The van der Waals surface area contributed by atoms with Gasteiger partial charge in [0, 0.05) is 37.1 Å². The highest BCUT2D eigenvalue weighted by atomic mass is 16.3. The lowest BCUT2D eigenvalue weighted by atomic mass is 10.1. The SMILES string of the molecule is CCn1cc(C(O)c2cn(C)nc2C)cn1. The van der Waals surface area contributed by atoms with Crippen LogP contribution in [0.25, 0.3) is 0 Å². The highest BCUT2D eigenvalue weighted by molar-refractivity contribution is 5.27. The van der Waals surface area contributed by atoms with Crippen molar-refractivity contribution in [3.8, 4) is 0 Å². The standard InChI is InChI=1S/C11H16N4O/c1-4-15-6-9(5-12-15)11(16)10-7-14(3)13-8(10)2/h5-7,11,16H,4H2,1-3H3. The Bertz CT molecular complexity index is 486. The van der Waals surface area contributed by atoms with Gasteiger partial charge in [-0.25, -0.2) is 0 Å². The first kappa shape index (κ1) is 10.9. The molecule has 5 nitrogen and oxygen atoms in total. The highest BCUT2D eigenvalue weighted by Crippen LogP contribution is 2.23. The minimum absolute atomic E-state index is 0.644. The van der Waals surface area contributed by atoms with Gasteiger partial charge in [-0.2, -0.15) is 10.2 Å². The summed E-state index contributed by atoms with van der Waals surface area (Å²) in [5.74, 6) is 0. The second-order valence-electron chi connectivity index (χ2n) is 3.88. The van der Waals surface area contributed by atoms with Crippen molar-refractivity contribution in [3.05, 3.63) is 35.4 Å². The van der Waals surface area contributed by atoms with Gasteiger partial charge in [0.05, 0.1) is 11.9 Å². The quantitative estimate of drug-likeness (QED) is 0.840. The Balaban J connectivity index is 2.31. The predicted octanol–water partition coefficient (Wildman–Crippen LogP) is 1.03. The topological polar surface area (TPSA) is 55.9 Å². The number of aromatic nitrogens is 4. The Labute approximate surface area is 94.3 Å². The molecule has 2 aromatic rings. The van der Waals surface area contributed by atoms with E-state index in [1.54, 1.807) is 15.6 Å². The van der Waals surface area contributed by atoms with Crippen LogP contribution in [0.2, 0.25) is 0 Å². The molecular weight excluding hydrogens is 204 g/mol.